The number of hydrogen-bond donors (Lipinski definition) is 0. The van der Waals surface area contributed by atoms with E-state index in [-0.39, 0.29) is 5.56 Å². The molecule has 1 saturated heterocycles. The second-order valence-electron chi connectivity index (χ2n) is 4.72. The van der Waals surface area contributed by atoms with Gasteiger partial charge in [0.2, 0.25) is 5.72 Å². The number of ether oxygens (including phenoxy) is 1. The molecule has 18 heavy (non-hydrogen) atoms. The number of benzene rings is 1. The van der Waals surface area contributed by atoms with E-state index in [1.54, 1.807) is 0 Å². The number of nitrogens with zero attached hydrogens (tertiary/aromatic N) is 3. The Bertz CT molecular complexity index is 597. The Morgan fingerprint density at radius 2 is 2.00 bits per heavy atom. The highest BCUT2D eigenvalue weighted by atomic mass is 19.1. The van der Waals surface area contributed by atoms with E-state index in [0.717, 1.165) is 6.07 Å². The van der Waals surface area contributed by atoms with E-state index in [1.807, 2.05) is 13.8 Å². The quantitative estimate of drug-likeness (QED) is 0.767. The van der Waals surface area contributed by atoms with Crippen molar-refractivity contribution in [3.63, 3.8) is 0 Å². The molecule has 1 aliphatic heterocycles. The van der Waals surface area contributed by atoms with E-state index in [9.17, 15) is 8.78 Å². The highest BCUT2D eigenvalue weighted by Gasteiger charge is 2.68. The highest BCUT2D eigenvalue weighted by Crippen LogP contribution is 2.56. The van der Waals surface area contributed by atoms with Crippen LogP contribution in [-0.4, -0.2) is 20.4 Å². The first-order chi connectivity index (χ1) is 8.47. The Balaban J connectivity index is 2.18. The molecule has 1 aliphatic rings. The van der Waals surface area contributed by atoms with E-state index >= 15 is 0 Å². The Hall–Kier alpha value is -1.82. The van der Waals surface area contributed by atoms with E-state index < -0.39 is 23.0 Å². The summed E-state index contributed by atoms with van der Waals surface area (Å²) in [6.45, 7) is 3.63. The van der Waals surface area contributed by atoms with Crippen molar-refractivity contribution in [1.29, 1.82) is 0 Å². The van der Waals surface area contributed by atoms with Crippen molar-refractivity contribution in [2.24, 2.45) is 0 Å². The van der Waals surface area contributed by atoms with Crippen LogP contribution in [0.5, 0.6) is 0 Å². The standard InChI is InChI=1S/C12H11F2N3O/c1-11(2)12(18-11,17-7-15-6-16-17)9-4-3-8(13)5-10(9)14/h3-7H,1-2H3/t12-/m1/s1. The minimum Gasteiger partial charge on any atom is -0.335 e. The van der Waals surface area contributed by atoms with Gasteiger partial charge in [0, 0.05) is 11.6 Å². The lowest BCUT2D eigenvalue weighted by molar-refractivity contribution is 0.232. The number of hydrogen-bond acceptors (Lipinski definition) is 3. The summed E-state index contributed by atoms with van der Waals surface area (Å²) in [6, 6.07) is 3.42. The lowest BCUT2D eigenvalue weighted by atomic mass is 9.96. The third-order valence-corrected chi connectivity index (χ3v) is 3.21. The van der Waals surface area contributed by atoms with Gasteiger partial charge < -0.3 is 4.74 Å². The zero-order valence-corrected chi connectivity index (χ0v) is 9.89. The third kappa shape index (κ3) is 1.32. The maximum Gasteiger partial charge on any atom is 0.220 e. The first-order valence-electron chi connectivity index (χ1n) is 5.48. The van der Waals surface area contributed by atoms with E-state index in [0.29, 0.717) is 0 Å². The van der Waals surface area contributed by atoms with Gasteiger partial charge in [0.05, 0.1) is 0 Å². The molecular weight excluding hydrogens is 240 g/mol. The highest BCUT2D eigenvalue weighted by molar-refractivity contribution is 5.34. The molecule has 2 aromatic rings. The number of aromatic nitrogens is 3. The molecule has 1 atom stereocenters. The predicted molar refractivity (Wildman–Crippen MR) is 58.6 cm³/mol. The van der Waals surface area contributed by atoms with Crippen LogP contribution in [0.2, 0.25) is 0 Å². The summed E-state index contributed by atoms with van der Waals surface area (Å²) in [5, 5.41) is 4.01. The molecule has 0 N–H and O–H groups in total. The Morgan fingerprint density at radius 3 is 2.50 bits per heavy atom. The smallest absolute Gasteiger partial charge is 0.220 e. The van der Waals surface area contributed by atoms with Gasteiger partial charge in [0.25, 0.3) is 0 Å². The molecule has 6 heteroatoms. The van der Waals surface area contributed by atoms with Crippen molar-refractivity contribution in [1.82, 2.24) is 14.8 Å². The Morgan fingerprint density at radius 1 is 1.28 bits per heavy atom. The summed E-state index contributed by atoms with van der Waals surface area (Å²) < 4.78 is 34.0. The molecule has 94 valence electrons. The fraction of sp³-hybridized carbons (Fsp3) is 0.333. The number of halogens is 2. The molecule has 1 aromatic heterocycles. The van der Waals surface area contributed by atoms with Crippen LogP contribution >= 0.6 is 0 Å². The van der Waals surface area contributed by atoms with Crippen molar-refractivity contribution in [3.8, 4) is 0 Å². The van der Waals surface area contributed by atoms with Gasteiger partial charge in [-0.3, -0.25) is 0 Å². The van der Waals surface area contributed by atoms with Gasteiger partial charge in [0.1, 0.15) is 29.9 Å². The van der Waals surface area contributed by atoms with Crippen molar-refractivity contribution < 1.29 is 13.5 Å². The van der Waals surface area contributed by atoms with Crippen molar-refractivity contribution in [2.45, 2.75) is 25.2 Å². The second-order valence-corrected chi connectivity index (χ2v) is 4.72. The minimum absolute atomic E-state index is 0.249. The molecule has 0 amide bonds. The molecule has 4 nitrogen and oxygen atoms in total. The molecule has 0 bridgehead atoms. The molecule has 0 unspecified atom stereocenters. The molecule has 1 aromatic carbocycles. The summed E-state index contributed by atoms with van der Waals surface area (Å²) in [4.78, 5) is 3.84. The SMILES string of the molecule is CC1(C)O[C@@]1(c1ccc(F)cc1F)n1cncn1. The van der Waals surface area contributed by atoms with Crippen LogP contribution in [0.1, 0.15) is 19.4 Å². The molecular formula is C12H11F2N3O. The average molecular weight is 251 g/mol. The van der Waals surface area contributed by atoms with Crippen LogP contribution in [0, 0.1) is 11.6 Å². The van der Waals surface area contributed by atoms with Gasteiger partial charge in [-0.25, -0.2) is 18.4 Å². The number of epoxide rings is 1. The van der Waals surface area contributed by atoms with Crippen LogP contribution in [0.15, 0.2) is 30.9 Å². The van der Waals surface area contributed by atoms with Gasteiger partial charge in [-0.1, -0.05) is 0 Å². The maximum atomic E-state index is 13.9. The van der Waals surface area contributed by atoms with Gasteiger partial charge >= 0.3 is 0 Å². The van der Waals surface area contributed by atoms with Crippen molar-refractivity contribution in [2.75, 3.05) is 0 Å². The summed E-state index contributed by atoms with van der Waals surface area (Å²) in [6.07, 6.45) is 2.80. The molecule has 1 fully saturated rings. The molecule has 0 aliphatic carbocycles. The fourth-order valence-corrected chi connectivity index (χ4v) is 2.30. The molecule has 2 heterocycles. The van der Waals surface area contributed by atoms with E-state index in [1.165, 1.54) is 29.5 Å². The lowest BCUT2D eigenvalue weighted by Crippen LogP contribution is -2.29. The van der Waals surface area contributed by atoms with Gasteiger partial charge in [-0.15, -0.1) is 0 Å². The van der Waals surface area contributed by atoms with Gasteiger partial charge in [-0.05, 0) is 26.0 Å². The van der Waals surface area contributed by atoms with E-state index in [4.69, 9.17) is 4.74 Å². The number of rotatable bonds is 2. The van der Waals surface area contributed by atoms with E-state index in [2.05, 4.69) is 10.1 Å². The first-order valence-corrected chi connectivity index (χ1v) is 5.48. The second kappa shape index (κ2) is 3.35. The van der Waals surface area contributed by atoms with Crippen LogP contribution in [-0.2, 0) is 10.5 Å². The summed E-state index contributed by atoms with van der Waals surface area (Å²) in [5.74, 6) is -1.28. The van der Waals surface area contributed by atoms with Crippen molar-refractivity contribution >= 4 is 0 Å². The van der Waals surface area contributed by atoms with Gasteiger partial charge in [-0.2, -0.15) is 5.10 Å². The van der Waals surface area contributed by atoms with Crippen molar-refractivity contribution in [3.05, 3.63) is 48.1 Å². The fourth-order valence-electron chi connectivity index (χ4n) is 2.30. The molecule has 0 spiro atoms. The Kier molecular flexibility index (Phi) is 2.10. The predicted octanol–water partition coefficient (Wildman–Crippen LogP) is 2.07. The third-order valence-electron chi connectivity index (χ3n) is 3.21. The largest absolute Gasteiger partial charge is 0.335 e. The maximum absolute atomic E-state index is 13.9. The molecule has 3 rings (SSSR count). The van der Waals surface area contributed by atoms with Crippen LogP contribution < -0.4 is 0 Å². The molecule has 0 radical (unpaired) electrons. The summed E-state index contributed by atoms with van der Waals surface area (Å²) >= 11 is 0. The monoisotopic (exact) mass is 251 g/mol. The summed E-state index contributed by atoms with van der Waals surface area (Å²) in [5.41, 5.74) is -1.43. The molecule has 0 saturated carbocycles. The normalized spacial score (nSPS) is 25.1. The van der Waals surface area contributed by atoms with Crippen LogP contribution in [0.4, 0.5) is 8.78 Å². The lowest BCUT2D eigenvalue weighted by Gasteiger charge is -2.16. The zero-order chi connectivity index (χ0) is 13.0. The zero-order valence-electron chi connectivity index (χ0n) is 9.89. The summed E-state index contributed by atoms with van der Waals surface area (Å²) in [7, 11) is 0. The van der Waals surface area contributed by atoms with Crippen LogP contribution in [0.25, 0.3) is 0 Å². The van der Waals surface area contributed by atoms with Gasteiger partial charge in [0.15, 0.2) is 0 Å². The first kappa shape index (κ1) is 11.3. The average Bonchev–Trinajstić information content (AvgIpc) is 2.68. The minimum atomic E-state index is -1.05. The topological polar surface area (TPSA) is 43.2 Å². The Labute approximate surface area is 102 Å². The van der Waals surface area contributed by atoms with Crippen LogP contribution in [0.3, 0.4) is 0 Å².